The monoisotopic (exact) mass is 333 g/mol. The van der Waals surface area contributed by atoms with Gasteiger partial charge in [0.2, 0.25) is 0 Å². The van der Waals surface area contributed by atoms with E-state index in [0.717, 1.165) is 22.4 Å². The van der Waals surface area contributed by atoms with Crippen molar-refractivity contribution in [3.05, 3.63) is 58.1 Å². The second-order valence-electron chi connectivity index (χ2n) is 5.13. The van der Waals surface area contributed by atoms with E-state index in [1.54, 1.807) is 0 Å². The predicted molar refractivity (Wildman–Crippen MR) is 87.5 cm³/mol. The summed E-state index contributed by atoms with van der Waals surface area (Å²) in [5, 5.41) is 0. The first-order chi connectivity index (χ1) is 9.60. The summed E-state index contributed by atoms with van der Waals surface area (Å²) in [6.45, 7) is 5.01. The first-order valence-electron chi connectivity index (χ1n) is 6.86. The molecule has 0 amide bonds. The van der Waals surface area contributed by atoms with Gasteiger partial charge in [-0.1, -0.05) is 32.0 Å². The van der Waals surface area contributed by atoms with Crippen LogP contribution in [0.15, 0.2) is 46.9 Å². The Bertz CT molecular complexity index is 581. The number of rotatable bonds is 5. The Labute approximate surface area is 129 Å². The van der Waals surface area contributed by atoms with E-state index in [2.05, 4.69) is 54.0 Å². The molecule has 2 rings (SSSR count). The van der Waals surface area contributed by atoms with Gasteiger partial charge in [0.15, 0.2) is 0 Å². The molecule has 0 saturated carbocycles. The van der Waals surface area contributed by atoms with Crippen molar-refractivity contribution < 1.29 is 4.74 Å². The number of nitrogens with two attached hydrogens (primary N) is 1. The summed E-state index contributed by atoms with van der Waals surface area (Å²) < 4.78 is 6.91. The molecule has 0 radical (unpaired) electrons. The van der Waals surface area contributed by atoms with Crippen LogP contribution < -0.4 is 10.5 Å². The van der Waals surface area contributed by atoms with E-state index in [9.17, 15) is 0 Å². The highest BCUT2D eigenvalue weighted by molar-refractivity contribution is 9.10. The molecule has 0 aliphatic rings. The van der Waals surface area contributed by atoms with Crippen LogP contribution in [0.4, 0.5) is 0 Å². The van der Waals surface area contributed by atoms with Crippen LogP contribution in [0.25, 0.3) is 0 Å². The van der Waals surface area contributed by atoms with E-state index >= 15 is 0 Å². The SMILES string of the molecule is CC(C)c1cccc(Oc2ccc(CCN)cc2Br)c1. The number of hydrogen-bond donors (Lipinski definition) is 1. The second kappa shape index (κ2) is 6.91. The van der Waals surface area contributed by atoms with Crippen molar-refractivity contribution in [1.82, 2.24) is 0 Å². The average Bonchev–Trinajstić information content (AvgIpc) is 2.42. The van der Waals surface area contributed by atoms with Gasteiger partial charge < -0.3 is 10.5 Å². The van der Waals surface area contributed by atoms with Gasteiger partial charge in [-0.05, 0) is 70.2 Å². The molecule has 0 aliphatic carbocycles. The molecule has 0 bridgehead atoms. The molecule has 106 valence electrons. The van der Waals surface area contributed by atoms with E-state index < -0.39 is 0 Å². The van der Waals surface area contributed by atoms with Gasteiger partial charge in [-0.15, -0.1) is 0 Å². The summed E-state index contributed by atoms with van der Waals surface area (Å²) >= 11 is 3.56. The molecule has 20 heavy (non-hydrogen) atoms. The van der Waals surface area contributed by atoms with Crippen LogP contribution in [0.2, 0.25) is 0 Å². The second-order valence-corrected chi connectivity index (χ2v) is 5.99. The summed E-state index contributed by atoms with van der Waals surface area (Å²) in [5.74, 6) is 2.18. The Morgan fingerprint density at radius 2 is 1.95 bits per heavy atom. The quantitative estimate of drug-likeness (QED) is 0.847. The maximum atomic E-state index is 5.95. The van der Waals surface area contributed by atoms with Crippen molar-refractivity contribution in [3.63, 3.8) is 0 Å². The lowest BCUT2D eigenvalue weighted by Crippen LogP contribution is -2.02. The third-order valence-corrected chi connectivity index (χ3v) is 3.80. The Morgan fingerprint density at radius 3 is 2.60 bits per heavy atom. The number of benzene rings is 2. The Balaban J connectivity index is 2.19. The van der Waals surface area contributed by atoms with Crippen LogP contribution in [0.3, 0.4) is 0 Å². The van der Waals surface area contributed by atoms with Crippen molar-refractivity contribution in [2.75, 3.05) is 6.54 Å². The smallest absolute Gasteiger partial charge is 0.141 e. The Morgan fingerprint density at radius 1 is 1.15 bits per heavy atom. The fourth-order valence-corrected chi connectivity index (χ4v) is 2.52. The molecule has 2 aromatic carbocycles. The summed E-state index contributed by atoms with van der Waals surface area (Å²) in [6, 6.07) is 14.3. The van der Waals surface area contributed by atoms with E-state index in [4.69, 9.17) is 10.5 Å². The normalized spacial score (nSPS) is 10.8. The average molecular weight is 334 g/mol. The first kappa shape index (κ1) is 15.1. The van der Waals surface area contributed by atoms with Gasteiger partial charge >= 0.3 is 0 Å². The van der Waals surface area contributed by atoms with Crippen LogP contribution in [-0.2, 0) is 6.42 Å². The standard InChI is InChI=1S/C17H20BrNO/c1-12(2)14-4-3-5-15(11-14)20-17-7-6-13(8-9-19)10-16(17)18/h3-7,10-12H,8-9,19H2,1-2H3. The largest absolute Gasteiger partial charge is 0.456 e. The van der Waals surface area contributed by atoms with Crippen molar-refractivity contribution >= 4 is 15.9 Å². The molecule has 0 unspecified atom stereocenters. The molecule has 0 heterocycles. The molecule has 2 N–H and O–H groups in total. The number of ether oxygens (including phenoxy) is 1. The van der Waals surface area contributed by atoms with Gasteiger partial charge in [0.1, 0.15) is 11.5 Å². The summed E-state index contributed by atoms with van der Waals surface area (Å²) in [7, 11) is 0. The molecule has 2 nitrogen and oxygen atoms in total. The fourth-order valence-electron chi connectivity index (χ4n) is 2.01. The number of halogens is 1. The van der Waals surface area contributed by atoms with Gasteiger partial charge in [-0.25, -0.2) is 0 Å². The van der Waals surface area contributed by atoms with Gasteiger partial charge in [0.25, 0.3) is 0 Å². The zero-order valence-electron chi connectivity index (χ0n) is 11.9. The van der Waals surface area contributed by atoms with Crippen molar-refractivity contribution in [1.29, 1.82) is 0 Å². The first-order valence-corrected chi connectivity index (χ1v) is 7.65. The lowest BCUT2D eigenvalue weighted by Gasteiger charge is -2.11. The minimum atomic E-state index is 0.494. The molecule has 0 spiro atoms. The zero-order chi connectivity index (χ0) is 14.5. The zero-order valence-corrected chi connectivity index (χ0v) is 13.5. The molecule has 0 aliphatic heterocycles. The molecule has 0 aromatic heterocycles. The van der Waals surface area contributed by atoms with Crippen LogP contribution in [0.1, 0.15) is 30.9 Å². The Hall–Kier alpha value is -1.32. The summed E-state index contributed by atoms with van der Waals surface area (Å²) in [6.07, 6.45) is 0.877. The van der Waals surface area contributed by atoms with Crippen LogP contribution in [-0.4, -0.2) is 6.54 Å². The van der Waals surface area contributed by atoms with E-state index in [-0.39, 0.29) is 0 Å². The Kier molecular flexibility index (Phi) is 5.21. The topological polar surface area (TPSA) is 35.2 Å². The van der Waals surface area contributed by atoms with Crippen LogP contribution in [0.5, 0.6) is 11.5 Å². The van der Waals surface area contributed by atoms with Gasteiger partial charge in [0.05, 0.1) is 4.47 Å². The van der Waals surface area contributed by atoms with Crippen molar-refractivity contribution in [2.45, 2.75) is 26.2 Å². The maximum absolute atomic E-state index is 5.95. The molecule has 0 fully saturated rings. The highest BCUT2D eigenvalue weighted by Crippen LogP contribution is 2.31. The molecular formula is C17H20BrNO. The van der Waals surface area contributed by atoms with Crippen molar-refractivity contribution in [3.8, 4) is 11.5 Å². The lowest BCUT2D eigenvalue weighted by atomic mass is 10.0. The molecule has 0 saturated heterocycles. The number of hydrogen-bond acceptors (Lipinski definition) is 2. The summed E-state index contributed by atoms with van der Waals surface area (Å²) in [4.78, 5) is 0. The van der Waals surface area contributed by atoms with Gasteiger partial charge in [-0.3, -0.25) is 0 Å². The molecular weight excluding hydrogens is 314 g/mol. The van der Waals surface area contributed by atoms with E-state index in [1.807, 2.05) is 18.2 Å². The molecule has 0 atom stereocenters. The van der Waals surface area contributed by atoms with E-state index in [0.29, 0.717) is 12.5 Å². The lowest BCUT2D eigenvalue weighted by molar-refractivity contribution is 0.478. The minimum Gasteiger partial charge on any atom is -0.456 e. The summed E-state index contributed by atoms with van der Waals surface area (Å²) in [5.41, 5.74) is 8.06. The van der Waals surface area contributed by atoms with Crippen LogP contribution in [0, 0.1) is 0 Å². The highest BCUT2D eigenvalue weighted by Gasteiger charge is 2.06. The minimum absolute atomic E-state index is 0.494. The molecule has 2 aromatic rings. The van der Waals surface area contributed by atoms with Gasteiger partial charge in [0, 0.05) is 0 Å². The molecule has 3 heteroatoms. The van der Waals surface area contributed by atoms with E-state index in [1.165, 1.54) is 11.1 Å². The predicted octanol–water partition coefficient (Wildman–Crippen LogP) is 4.87. The fraction of sp³-hybridized carbons (Fsp3) is 0.294. The van der Waals surface area contributed by atoms with Gasteiger partial charge in [-0.2, -0.15) is 0 Å². The highest BCUT2D eigenvalue weighted by atomic mass is 79.9. The van der Waals surface area contributed by atoms with Crippen molar-refractivity contribution in [2.24, 2.45) is 5.73 Å². The van der Waals surface area contributed by atoms with Crippen LogP contribution >= 0.6 is 15.9 Å². The maximum Gasteiger partial charge on any atom is 0.141 e. The third-order valence-electron chi connectivity index (χ3n) is 3.18. The third kappa shape index (κ3) is 3.84.